The van der Waals surface area contributed by atoms with Crippen molar-refractivity contribution in [2.75, 3.05) is 0 Å². The summed E-state index contributed by atoms with van der Waals surface area (Å²) in [7, 11) is 0. The number of aryl methyl sites for hydroxylation is 1. The lowest BCUT2D eigenvalue weighted by molar-refractivity contribution is 0.717. The zero-order valence-electron chi connectivity index (χ0n) is 8.72. The predicted octanol–water partition coefficient (Wildman–Crippen LogP) is 4.83. The van der Waals surface area contributed by atoms with E-state index in [2.05, 4.69) is 60.4 Å². The standard InChI is InChI=1S/C13H17I/c1-3-4-5-6-12-7-9-13(10-8-12)11(2)14/h7-10H,2-6H2,1H3. The summed E-state index contributed by atoms with van der Waals surface area (Å²) in [5, 5.41) is 0. The van der Waals surface area contributed by atoms with E-state index in [4.69, 9.17) is 0 Å². The summed E-state index contributed by atoms with van der Waals surface area (Å²) >= 11 is 2.26. The maximum absolute atomic E-state index is 3.92. The summed E-state index contributed by atoms with van der Waals surface area (Å²) < 4.78 is 1.11. The van der Waals surface area contributed by atoms with E-state index in [1.807, 2.05) is 0 Å². The van der Waals surface area contributed by atoms with Gasteiger partial charge in [-0.3, -0.25) is 0 Å². The van der Waals surface area contributed by atoms with E-state index >= 15 is 0 Å². The van der Waals surface area contributed by atoms with Crippen molar-refractivity contribution in [2.45, 2.75) is 32.6 Å². The minimum Gasteiger partial charge on any atom is -0.0850 e. The molecular formula is C13H17I. The van der Waals surface area contributed by atoms with E-state index in [9.17, 15) is 0 Å². The van der Waals surface area contributed by atoms with Gasteiger partial charge >= 0.3 is 0 Å². The van der Waals surface area contributed by atoms with E-state index in [0.29, 0.717) is 0 Å². The van der Waals surface area contributed by atoms with Gasteiger partial charge in [0, 0.05) is 3.58 Å². The molecule has 1 heteroatoms. The Labute approximate surface area is 101 Å². The fourth-order valence-electron chi connectivity index (χ4n) is 1.43. The lowest BCUT2D eigenvalue weighted by Crippen LogP contribution is -1.85. The number of rotatable bonds is 5. The third-order valence-corrected chi connectivity index (χ3v) is 2.96. The Morgan fingerprint density at radius 3 is 2.36 bits per heavy atom. The molecule has 76 valence electrons. The Balaban J connectivity index is 2.51. The van der Waals surface area contributed by atoms with Gasteiger partial charge in [0.15, 0.2) is 0 Å². The summed E-state index contributed by atoms with van der Waals surface area (Å²) in [6, 6.07) is 8.76. The largest absolute Gasteiger partial charge is 0.0850 e. The maximum Gasteiger partial charge on any atom is 0.0130 e. The van der Waals surface area contributed by atoms with Gasteiger partial charge in [0.05, 0.1) is 0 Å². The molecule has 0 fully saturated rings. The van der Waals surface area contributed by atoms with Crippen molar-refractivity contribution in [1.82, 2.24) is 0 Å². The van der Waals surface area contributed by atoms with Gasteiger partial charge in [-0.2, -0.15) is 0 Å². The smallest absolute Gasteiger partial charge is 0.0130 e. The summed E-state index contributed by atoms with van der Waals surface area (Å²) in [5.74, 6) is 0. The summed E-state index contributed by atoms with van der Waals surface area (Å²) in [5.41, 5.74) is 2.68. The van der Waals surface area contributed by atoms with Crippen molar-refractivity contribution in [3.63, 3.8) is 0 Å². The molecule has 1 aromatic rings. The van der Waals surface area contributed by atoms with Gasteiger partial charge in [-0.25, -0.2) is 0 Å². The summed E-state index contributed by atoms with van der Waals surface area (Å²) in [4.78, 5) is 0. The van der Waals surface area contributed by atoms with Crippen molar-refractivity contribution in [3.05, 3.63) is 42.0 Å². The lowest BCUT2D eigenvalue weighted by Gasteiger charge is -2.02. The molecule has 0 atom stereocenters. The molecule has 0 aliphatic carbocycles. The van der Waals surface area contributed by atoms with E-state index in [1.54, 1.807) is 0 Å². The first-order valence-corrected chi connectivity index (χ1v) is 6.25. The number of hydrogen-bond acceptors (Lipinski definition) is 0. The van der Waals surface area contributed by atoms with Crippen LogP contribution in [0.3, 0.4) is 0 Å². The van der Waals surface area contributed by atoms with Crippen LogP contribution in [0.2, 0.25) is 0 Å². The van der Waals surface area contributed by atoms with Crippen LogP contribution in [0.15, 0.2) is 30.8 Å². The third-order valence-electron chi connectivity index (χ3n) is 2.34. The van der Waals surface area contributed by atoms with Gasteiger partial charge in [0.1, 0.15) is 0 Å². The first kappa shape index (κ1) is 11.8. The molecule has 0 aliphatic rings. The molecule has 0 amide bonds. The highest BCUT2D eigenvalue weighted by molar-refractivity contribution is 14.1. The molecule has 0 nitrogen and oxygen atoms in total. The van der Waals surface area contributed by atoms with Gasteiger partial charge in [0.2, 0.25) is 0 Å². The Bertz CT molecular complexity index is 285. The topological polar surface area (TPSA) is 0 Å². The van der Waals surface area contributed by atoms with Gasteiger partial charge in [-0.05, 0) is 46.6 Å². The minimum absolute atomic E-state index is 1.11. The Morgan fingerprint density at radius 1 is 1.21 bits per heavy atom. The second-order valence-electron chi connectivity index (χ2n) is 3.56. The fourth-order valence-corrected chi connectivity index (χ4v) is 1.79. The second-order valence-corrected chi connectivity index (χ2v) is 4.86. The highest BCUT2D eigenvalue weighted by Crippen LogP contribution is 2.19. The summed E-state index contributed by atoms with van der Waals surface area (Å²) in [6.07, 6.45) is 5.15. The van der Waals surface area contributed by atoms with Gasteiger partial charge < -0.3 is 0 Å². The molecule has 0 aliphatic heterocycles. The average molecular weight is 300 g/mol. The molecule has 0 N–H and O–H groups in total. The van der Waals surface area contributed by atoms with Gasteiger partial charge in [-0.15, -0.1) is 0 Å². The third kappa shape index (κ3) is 3.82. The Morgan fingerprint density at radius 2 is 1.86 bits per heavy atom. The molecule has 14 heavy (non-hydrogen) atoms. The van der Waals surface area contributed by atoms with E-state index in [0.717, 1.165) is 3.58 Å². The maximum atomic E-state index is 3.92. The summed E-state index contributed by atoms with van der Waals surface area (Å²) in [6.45, 7) is 6.16. The van der Waals surface area contributed by atoms with Crippen LogP contribution in [0, 0.1) is 0 Å². The fraction of sp³-hybridized carbons (Fsp3) is 0.385. The quantitative estimate of drug-likeness (QED) is 0.540. The minimum atomic E-state index is 1.11. The average Bonchev–Trinajstić information content (AvgIpc) is 2.19. The van der Waals surface area contributed by atoms with Crippen LogP contribution in [-0.4, -0.2) is 0 Å². The van der Waals surface area contributed by atoms with Crippen LogP contribution in [0.5, 0.6) is 0 Å². The molecular weight excluding hydrogens is 283 g/mol. The SMILES string of the molecule is C=C(I)c1ccc(CCCCC)cc1. The van der Waals surface area contributed by atoms with Crippen LogP contribution in [0.4, 0.5) is 0 Å². The molecule has 0 spiro atoms. The van der Waals surface area contributed by atoms with Crippen LogP contribution in [0.25, 0.3) is 3.58 Å². The van der Waals surface area contributed by atoms with Crippen molar-refractivity contribution in [2.24, 2.45) is 0 Å². The van der Waals surface area contributed by atoms with Gasteiger partial charge in [0.25, 0.3) is 0 Å². The molecule has 0 saturated heterocycles. The predicted molar refractivity (Wildman–Crippen MR) is 72.7 cm³/mol. The first-order chi connectivity index (χ1) is 6.74. The zero-order valence-corrected chi connectivity index (χ0v) is 10.9. The zero-order chi connectivity index (χ0) is 10.4. The van der Waals surface area contributed by atoms with Crippen LogP contribution in [-0.2, 0) is 6.42 Å². The normalized spacial score (nSPS) is 10.1. The second kappa shape index (κ2) is 6.23. The molecule has 0 saturated carbocycles. The van der Waals surface area contributed by atoms with Crippen LogP contribution in [0.1, 0.15) is 37.3 Å². The molecule has 0 heterocycles. The Hall–Kier alpha value is -0.310. The van der Waals surface area contributed by atoms with E-state index in [-0.39, 0.29) is 0 Å². The van der Waals surface area contributed by atoms with Crippen molar-refractivity contribution in [1.29, 1.82) is 0 Å². The lowest BCUT2D eigenvalue weighted by atomic mass is 10.1. The van der Waals surface area contributed by atoms with Crippen LogP contribution < -0.4 is 0 Å². The van der Waals surface area contributed by atoms with Crippen molar-refractivity contribution in [3.8, 4) is 0 Å². The van der Waals surface area contributed by atoms with E-state index < -0.39 is 0 Å². The van der Waals surface area contributed by atoms with Gasteiger partial charge in [-0.1, -0.05) is 50.6 Å². The monoisotopic (exact) mass is 300 g/mol. The number of hydrogen-bond donors (Lipinski definition) is 0. The molecule has 0 unspecified atom stereocenters. The molecule has 0 bridgehead atoms. The highest BCUT2D eigenvalue weighted by atomic mass is 127. The Kier molecular flexibility index (Phi) is 5.23. The van der Waals surface area contributed by atoms with Crippen molar-refractivity contribution >= 4 is 26.2 Å². The first-order valence-electron chi connectivity index (χ1n) is 5.17. The molecule has 0 aromatic heterocycles. The number of benzene rings is 1. The van der Waals surface area contributed by atoms with Crippen molar-refractivity contribution < 1.29 is 0 Å². The molecule has 0 radical (unpaired) electrons. The molecule has 1 aromatic carbocycles. The number of halogens is 1. The number of unbranched alkanes of at least 4 members (excludes halogenated alkanes) is 2. The van der Waals surface area contributed by atoms with Crippen LogP contribution >= 0.6 is 22.6 Å². The van der Waals surface area contributed by atoms with E-state index in [1.165, 1.54) is 36.8 Å². The highest BCUT2D eigenvalue weighted by Gasteiger charge is 1.95. The molecule has 1 rings (SSSR count).